The van der Waals surface area contributed by atoms with Crippen molar-refractivity contribution in [2.24, 2.45) is 0 Å². The smallest absolute Gasteiger partial charge is 0.228 e. The van der Waals surface area contributed by atoms with Crippen molar-refractivity contribution in [3.8, 4) is 0 Å². The van der Waals surface area contributed by atoms with Crippen LogP contribution in [0.1, 0.15) is 22.4 Å². The van der Waals surface area contributed by atoms with Gasteiger partial charge in [-0.1, -0.05) is 29.8 Å². The third-order valence-electron chi connectivity index (χ3n) is 4.70. The molecule has 2 aromatic heterocycles. The van der Waals surface area contributed by atoms with Crippen molar-refractivity contribution in [1.29, 1.82) is 0 Å². The first-order valence-corrected chi connectivity index (χ1v) is 8.47. The number of amides is 1. The second-order valence-corrected chi connectivity index (χ2v) is 6.66. The zero-order valence-electron chi connectivity index (χ0n) is 13.5. The summed E-state index contributed by atoms with van der Waals surface area (Å²) in [5.41, 5.74) is 5.27. The molecule has 0 radical (unpaired) electrons. The van der Waals surface area contributed by atoms with E-state index in [2.05, 4.69) is 11.1 Å². The van der Waals surface area contributed by atoms with E-state index in [4.69, 9.17) is 11.6 Å². The number of halogens is 1. The largest absolute Gasteiger partial charge is 0.338 e. The molecule has 1 aliphatic heterocycles. The van der Waals surface area contributed by atoms with Crippen molar-refractivity contribution in [2.45, 2.75) is 26.3 Å². The lowest BCUT2D eigenvalue weighted by Gasteiger charge is -2.29. The van der Waals surface area contributed by atoms with E-state index in [-0.39, 0.29) is 5.91 Å². The first kappa shape index (κ1) is 15.2. The fraction of sp³-hybridized carbons (Fsp3) is 0.263. The van der Waals surface area contributed by atoms with Gasteiger partial charge in [0.2, 0.25) is 5.91 Å². The van der Waals surface area contributed by atoms with E-state index in [0.29, 0.717) is 19.5 Å². The predicted octanol–water partition coefficient (Wildman–Crippen LogP) is 3.42. The van der Waals surface area contributed by atoms with Gasteiger partial charge in [0, 0.05) is 30.5 Å². The number of hydrogen-bond donors (Lipinski definition) is 0. The van der Waals surface area contributed by atoms with Gasteiger partial charge in [0.05, 0.1) is 12.1 Å². The van der Waals surface area contributed by atoms with E-state index in [1.165, 1.54) is 5.56 Å². The van der Waals surface area contributed by atoms with E-state index in [9.17, 15) is 4.79 Å². The normalized spacial score (nSPS) is 14.0. The van der Waals surface area contributed by atoms with E-state index in [1.807, 2.05) is 46.7 Å². The molecule has 5 heteroatoms. The van der Waals surface area contributed by atoms with Crippen LogP contribution in [-0.2, 0) is 24.2 Å². The highest BCUT2D eigenvalue weighted by Gasteiger charge is 2.23. The van der Waals surface area contributed by atoms with Gasteiger partial charge in [0.15, 0.2) is 0 Å². The second-order valence-electron chi connectivity index (χ2n) is 6.25. The van der Waals surface area contributed by atoms with Gasteiger partial charge in [0.25, 0.3) is 0 Å². The fourth-order valence-electron chi connectivity index (χ4n) is 3.38. The Hall–Kier alpha value is -2.33. The van der Waals surface area contributed by atoms with Crippen molar-refractivity contribution >= 4 is 23.2 Å². The Morgan fingerprint density at radius 1 is 1.29 bits per heavy atom. The van der Waals surface area contributed by atoms with Crippen LogP contribution < -0.4 is 0 Å². The van der Waals surface area contributed by atoms with Crippen LogP contribution >= 0.6 is 11.6 Å². The van der Waals surface area contributed by atoms with Crippen LogP contribution in [0.5, 0.6) is 0 Å². The molecule has 0 unspecified atom stereocenters. The zero-order chi connectivity index (χ0) is 16.7. The minimum atomic E-state index is 0.129. The Kier molecular flexibility index (Phi) is 3.77. The summed E-state index contributed by atoms with van der Waals surface area (Å²) in [7, 11) is 0. The molecule has 24 heavy (non-hydrogen) atoms. The number of aromatic nitrogens is 2. The summed E-state index contributed by atoms with van der Waals surface area (Å²) < 4.78 is 2.00. The molecule has 0 bridgehead atoms. The lowest BCUT2D eigenvalue weighted by molar-refractivity contribution is -0.131. The van der Waals surface area contributed by atoms with Gasteiger partial charge < -0.3 is 9.30 Å². The van der Waals surface area contributed by atoms with Crippen molar-refractivity contribution in [2.75, 3.05) is 6.54 Å². The first-order valence-electron chi connectivity index (χ1n) is 8.09. The van der Waals surface area contributed by atoms with Gasteiger partial charge in [0.1, 0.15) is 5.65 Å². The highest BCUT2D eigenvalue weighted by atomic mass is 35.5. The van der Waals surface area contributed by atoms with Crippen molar-refractivity contribution in [3.63, 3.8) is 0 Å². The standard InChI is InChI=1S/C19H18ClN3O/c1-13-4-3-8-23-15(11-21-19(13)23)10-18(24)22-9-7-16-14(12-22)5-2-6-17(16)20/h2-6,8,11H,7,9-10,12H2,1H3. The summed E-state index contributed by atoms with van der Waals surface area (Å²) in [6, 6.07) is 9.93. The number of rotatable bonds is 2. The van der Waals surface area contributed by atoms with Crippen LogP contribution in [0.2, 0.25) is 5.02 Å². The minimum Gasteiger partial charge on any atom is -0.338 e. The molecule has 0 N–H and O–H groups in total. The summed E-state index contributed by atoms with van der Waals surface area (Å²) in [6.07, 6.45) is 4.94. The molecular weight excluding hydrogens is 322 g/mol. The summed E-state index contributed by atoms with van der Waals surface area (Å²) in [5.74, 6) is 0.129. The number of nitrogens with zero attached hydrogens (tertiary/aromatic N) is 3. The van der Waals surface area contributed by atoms with Gasteiger partial charge in [-0.05, 0) is 42.2 Å². The Balaban J connectivity index is 1.55. The number of hydrogen-bond acceptors (Lipinski definition) is 2. The third kappa shape index (κ3) is 2.57. The Morgan fingerprint density at radius 3 is 3.04 bits per heavy atom. The second kappa shape index (κ2) is 5.95. The third-order valence-corrected chi connectivity index (χ3v) is 5.06. The van der Waals surface area contributed by atoms with Crippen molar-refractivity contribution < 1.29 is 4.79 Å². The lowest BCUT2D eigenvalue weighted by Crippen LogP contribution is -2.37. The molecule has 0 aliphatic carbocycles. The maximum atomic E-state index is 12.7. The van der Waals surface area contributed by atoms with Crippen LogP contribution in [0.25, 0.3) is 5.65 Å². The molecule has 4 nitrogen and oxygen atoms in total. The minimum absolute atomic E-state index is 0.129. The Bertz CT molecular complexity index is 932. The summed E-state index contributed by atoms with van der Waals surface area (Å²) >= 11 is 6.25. The molecular formula is C19H18ClN3O. The molecule has 122 valence electrons. The molecule has 0 atom stereocenters. The van der Waals surface area contributed by atoms with Crippen LogP contribution in [0.3, 0.4) is 0 Å². The molecule has 1 aliphatic rings. The maximum Gasteiger partial charge on any atom is 0.228 e. The SMILES string of the molecule is Cc1cccn2c(CC(=O)N3CCc4c(Cl)cccc4C3)cnc12. The Labute approximate surface area is 145 Å². The average molecular weight is 340 g/mol. The van der Waals surface area contributed by atoms with Crippen LogP contribution in [0.4, 0.5) is 0 Å². The highest BCUT2D eigenvalue weighted by Crippen LogP contribution is 2.26. The number of pyridine rings is 1. The van der Waals surface area contributed by atoms with E-state index < -0.39 is 0 Å². The average Bonchev–Trinajstić information content (AvgIpc) is 2.99. The number of aryl methyl sites for hydroxylation is 1. The Morgan fingerprint density at radius 2 is 2.17 bits per heavy atom. The molecule has 3 aromatic rings. The summed E-state index contributed by atoms with van der Waals surface area (Å²) in [6.45, 7) is 3.37. The maximum absolute atomic E-state index is 12.7. The number of carbonyl (C=O) groups excluding carboxylic acids is 1. The molecule has 0 spiro atoms. The fourth-order valence-corrected chi connectivity index (χ4v) is 3.66. The van der Waals surface area contributed by atoms with E-state index in [1.54, 1.807) is 6.20 Å². The number of benzene rings is 1. The van der Waals surface area contributed by atoms with Gasteiger partial charge in [-0.3, -0.25) is 4.79 Å². The molecule has 0 saturated heterocycles. The topological polar surface area (TPSA) is 37.6 Å². The van der Waals surface area contributed by atoms with Crippen molar-refractivity contribution in [3.05, 3.63) is 70.1 Å². The monoisotopic (exact) mass is 339 g/mol. The summed E-state index contributed by atoms with van der Waals surface area (Å²) in [4.78, 5) is 19.1. The molecule has 1 amide bonds. The number of fused-ring (bicyclic) bond motifs is 2. The molecule has 0 saturated carbocycles. The first-order chi connectivity index (χ1) is 11.6. The molecule has 3 heterocycles. The van der Waals surface area contributed by atoms with Gasteiger partial charge in [-0.25, -0.2) is 4.98 Å². The zero-order valence-corrected chi connectivity index (χ0v) is 14.3. The van der Waals surface area contributed by atoms with Gasteiger partial charge in [-0.15, -0.1) is 0 Å². The number of carbonyl (C=O) groups is 1. The van der Waals surface area contributed by atoms with Crippen LogP contribution in [-0.4, -0.2) is 26.7 Å². The molecule has 0 fully saturated rings. The van der Waals surface area contributed by atoms with E-state index in [0.717, 1.165) is 33.9 Å². The quantitative estimate of drug-likeness (QED) is 0.717. The highest BCUT2D eigenvalue weighted by molar-refractivity contribution is 6.31. The van der Waals surface area contributed by atoms with Crippen molar-refractivity contribution in [1.82, 2.24) is 14.3 Å². The van der Waals surface area contributed by atoms with Gasteiger partial charge >= 0.3 is 0 Å². The van der Waals surface area contributed by atoms with E-state index >= 15 is 0 Å². The van der Waals surface area contributed by atoms with Gasteiger partial charge in [-0.2, -0.15) is 0 Å². The molecule has 1 aromatic carbocycles. The van der Waals surface area contributed by atoms with Crippen LogP contribution in [0, 0.1) is 6.92 Å². The molecule has 4 rings (SSSR count). The lowest BCUT2D eigenvalue weighted by atomic mass is 9.99. The van der Waals surface area contributed by atoms with Crippen LogP contribution in [0.15, 0.2) is 42.7 Å². The number of imidazole rings is 1. The predicted molar refractivity (Wildman–Crippen MR) is 94.2 cm³/mol. The summed E-state index contributed by atoms with van der Waals surface area (Å²) in [5, 5.41) is 0.803.